The molecule has 0 heterocycles. The fraction of sp³-hybridized carbons (Fsp3) is 0.100. The first-order chi connectivity index (χ1) is 8.06. The monoisotopic (exact) mass is 238 g/mol. The first-order valence-electron chi connectivity index (χ1n) is 4.51. The Bertz CT molecular complexity index is 484. The van der Waals surface area contributed by atoms with Crippen LogP contribution >= 0.6 is 0 Å². The molecule has 0 aromatic heterocycles. The van der Waals surface area contributed by atoms with Crippen LogP contribution in [0.25, 0.3) is 0 Å². The third-order valence-electron chi connectivity index (χ3n) is 2.14. The fourth-order valence-electron chi connectivity index (χ4n) is 1.33. The number of carbonyl (C=O) groups excluding carboxylic acids is 1. The van der Waals surface area contributed by atoms with Crippen LogP contribution in [0.3, 0.4) is 0 Å². The highest BCUT2D eigenvalue weighted by Gasteiger charge is 2.18. The number of carbonyl (C=O) groups is 1. The average molecular weight is 238 g/mol. The van der Waals surface area contributed by atoms with Gasteiger partial charge in [0.15, 0.2) is 0 Å². The normalized spacial score (nSPS) is 9.59. The number of aliphatic hydroxyl groups excluding tert-OH is 1. The number of urea groups is 1. The zero-order valence-corrected chi connectivity index (χ0v) is 8.77. The summed E-state index contributed by atoms with van der Waals surface area (Å²) in [6.07, 6.45) is 5.12. The number of rotatable bonds is 2. The van der Waals surface area contributed by atoms with Gasteiger partial charge in [0.2, 0.25) is 0 Å². The zero-order chi connectivity index (χ0) is 13.0. The molecule has 0 unspecified atom stereocenters. The molecule has 0 aliphatic carbocycles. The number of benzene rings is 1. The van der Waals surface area contributed by atoms with Crippen molar-refractivity contribution in [3.63, 3.8) is 0 Å². The average Bonchev–Trinajstić information content (AvgIpc) is 2.36. The summed E-state index contributed by atoms with van der Waals surface area (Å²) < 4.78 is 13.3. The van der Waals surface area contributed by atoms with Gasteiger partial charge in [-0.3, -0.25) is 5.43 Å². The molecule has 1 aromatic rings. The minimum atomic E-state index is -0.825. The van der Waals surface area contributed by atoms with Crippen LogP contribution in [0.5, 0.6) is 0 Å². The zero-order valence-electron chi connectivity index (χ0n) is 8.77. The Morgan fingerprint density at radius 1 is 1.65 bits per heavy atom. The molecule has 17 heavy (non-hydrogen) atoms. The SMILES string of the molecule is C#Cc1c(F)ccc(N(N)C(=O)NN)c1CO. The second kappa shape index (κ2) is 5.27. The van der Waals surface area contributed by atoms with Gasteiger partial charge < -0.3 is 5.11 Å². The molecule has 0 radical (unpaired) electrons. The Labute approximate surface area is 96.9 Å². The van der Waals surface area contributed by atoms with Crippen molar-refractivity contribution in [1.29, 1.82) is 0 Å². The van der Waals surface area contributed by atoms with Crippen LogP contribution in [0.4, 0.5) is 14.9 Å². The van der Waals surface area contributed by atoms with Gasteiger partial charge in [-0.1, -0.05) is 5.92 Å². The summed E-state index contributed by atoms with van der Waals surface area (Å²) in [6, 6.07) is 1.44. The number of hydrogen-bond donors (Lipinski definition) is 4. The lowest BCUT2D eigenvalue weighted by molar-refractivity contribution is 0.246. The van der Waals surface area contributed by atoms with Crippen LogP contribution in [0.1, 0.15) is 11.1 Å². The van der Waals surface area contributed by atoms with Gasteiger partial charge in [-0.05, 0) is 12.1 Å². The molecule has 0 fully saturated rings. The van der Waals surface area contributed by atoms with E-state index in [1.54, 1.807) is 5.43 Å². The summed E-state index contributed by atoms with van der Waals surface area (Å²) in [5.41, 5.74) is 1.77. The van der Waals surface area contributed by atoms with E-state index < -0.39 is 18.5 Å². The Kier molecular flexibility index (Phi) is 4.01. The van der Waals surface area contributed by atoms with Crippen LogP contribution in [-0.2, 0) is 6.61 Å². The van der Waals surface area contributed by atoms with Crippen molar-refractivity contribution in [1.82, 2.24) is 5.43 Å². The molecular formula is C10H11FN4O2. The van der Waals surface area contributed by atoms with E-state index in [4.69, 9.17) is 23.2 Å². The third-order valence-corrected chi connectivity index (χ3v) is 2.14. The van der Waals surface area contributed by atoms with E-state index in [1.807, 2.05) is 0 Å². The number of terminal acetylenes is 1. The Balaban J connectivity index is 3.36. The van der Waals surface area contributed by atoms with Crippen molar-refractivity contribution in [2.75, 3.05) is 5.01 Å². The van der Waals surface area contributed by atoms with Gasteiger partial charge in [0.25, 0.3) is 0 Å². The molecule has 1 aromatic carbocycles. The van der Waals surface area contributed by atoms with E-state index in [0.29, 0.717) is 5.01 Å². The molecule has 0 bridgehead atoms. The lowest BCUT2D eigenvalue weighted by atomic mass is 10.1. The number of anilines is 1. The van der Waals surface area contributed by atoms with E-state index in [1.165, 1.54) is 6.07 Å². The maximum absolute atomic E-state index is 13.3. The molecule has 90 valence electrons. The van der Waals surface area contributed by atoms with E-state index in [-0.39, 0.29) is 16.8 Å². The van der Waals surface area contributed by atoms with Crippen molar-refractivity contribution >= 4 is 11.7 Å². The number of nitrogens with two attached hydrogens (primary N) is 2. The molecule has 2 amide bonds. The highest BCUT2D eigenvalue weighted by Crippen LogP contribution is 2.24. The van der Waals surface area contributed by atoms with Gasteiger partial charge in [0, 0.05) is 5.56 Å². The van der Waals surface area contributed by atoms with E-state index in [9.17, 15) is 9.18 Å². The number of aliphatic hydroxyl groups is 1. The summed E-state index contributed by atoms with van der Waals surface area (Å²) in [6.45, 7) is -0.557. The van der Waals surface area contributed by atoms with Crippen LogP contribution in [0.2, 0.25) is 0 Å². The summed E-state index contributed by atoms with van der Waals surface area (Å²) in [5.74, 6) is 11.8. The number of nitrogens with one attached hydrogen (secondary N) is 1. The smallest absolute Gasteiger partial charge is 0.350 e. The van der Waals surface area contributed by atoms with Crippen LogP contribution in [-0.4, -0.2) is 11.1 Å². The number of nitrogens with zero attached hydrogens (tertiary/aromatic N) is 1. The molecule has 0 atom stereocenters. The predicted octanol–water partition coefficient (Wildman–Crippen LogP) is -0.437. The van der Waals surface area contributed by atoms with E-state index >= 15 is 0 Å². The molecule has 0 spiro atoms. The fourth-order valence-corrected chi connectivity index (χ4v) is 1.33. The van der Waals surface area contributed by atoms with E-state index in [2.05, 4.69) is 5.92 Å². The van der Waals surface area contributed by atoms with Gasteiger partial charge in [0.1, 0.15) is 5.82 Å². The first kappa shape index (κ1) is 12.9. The molecule has 7 heteroatoms. The molecule has 0 saturated carbocycles. The van der Waals surface area contributed by atoms with Crippen molar-refractivity contribution < 1.29 is 14.3 Å². The van der Waals surface area contributed by atoms with Gasteiger partial charge >= 0.3 is 6.03 Å². The van der Waals surface area contributed by atoms with Crippen LogP contribution < -0.4 is 22.1 Å². The standard InChI is InChI=1S/C10H11FN4O2/c1-2-6-7(5-16)9(4-3-8(6)11)15(13)10(17)14-12/h1,3-4,16H,5,12-13H2,(H,14,17). The molecule has 0 aliphatic heterocycles. The second-order valence-corrected chi connectivity index (χ2v) is 3.04. The van der Waals surface area contributed by atoms with Gasteiger partial charge in [-0.15, -0.1) is 6.42 Å². The quantitative estimate of drug-likeness (QED) is 0.243. The Morgan fingerprint density at radius 3 is 2.76 bits per heavy atom. The second-order valence-electron chi connectivity index (χ2n) is 3.04. The highest BCUT2D eigenvalue weighted by atomic mass is 19.1. The van der Waals surface area contributed by atoms with Crippen LogP contribution in [0, 0.1) is 18.2 Å². The third kappa shape index (κ3) is 2.34. The van der Waals surface area contributed by atoms with Gasteiger partial charge in [0.05, 0.1) is 17.9 Å². The summed E-state index contributed by atoms with van der Waals surface area (Å²) in [7, 11) is 0. The maximum atomic E-state index is 13.3. The largest absolute Gasteiger partial charge is 0.392 e. The number of halogens is 1. The summed E-state index contributed by atoms with van der Waals surface area (Å²) in [5, 5.41) is 9.78. The molecule has 6 nitrogen and oxygen atoms in total. The van der Waals surface area contributed by atoms with Crippen LogP contribution in [0.15, 0.2) is 12.1 Å². The predicted molar refractivity (Wildman–Crippen MR) is 59.6 cm³/mol. The maximum Gasteiger partial charge on any atom is 0.350 e. The molecule has 0 aliphatic rings. The topological polar surface area (TPSA) is 105 Å². The van der Waals surface area contributed by atoms with Gasteiger partial charge in [-0.25, -0.2) is 25.9 Å². The molecular weight excluding hydrogens is 227 g/mol. The minimum absolute atomic E-state index is 0.0404. The lowest BCUT2D eigenvalue weighted by Gasteiger charge is -2.19. The van der Waals surface area contributed by atoms with Crippen molar-refractivity contribution in [2.24, 2.45) is 11.7 Å². The number of amides is 2. The lowest BCUT2D eigenvalue weighted by Crippen LogP contribution is -2.48. The minimum Gasteiger partial charge on any atom is -0.392 e. The molecule has 1 rings (SSSR count). The first-order valence-corrected chi connectivity index (χ1v) is 4.51. The highest BCUT2D eigenvalue weighted by molar-refractivity contribution is 5.91. The number of hydrogen-bond acceptors (Lipinski definition) is 4. The van der Waals surface area contributed by atoms with E-state index in [0.717, 1.165) is 6.07 Å². The van der Waals surface area contributed by atoms with Crippen molar-refractivity contribution in [3.8, 4) is 12.3 Å². The Morgan fingerprint density at radius 2 is 2.29 bits per heavy atom. The number of hydrazine groups is 2. The summed E-state index contributed by atoms with van der Waals surface area (Å²) in [4.78, 5) is 11.2. The summed E-state index contributed by atoms with van der Waals surface area (Å²) >= 11 is 0. The van der Waals surface area contributed by atoms with Crippen molar-refractivity contribution in [2.45, 2.75) is 6.61 Å². The molecule has 6 N–H and O–H groups in total. The van der Waals surface area contributed by atoms with Crippen molar-refractivity contribution in [3.05, 3.63) is 29.1 Å². The Hall–Kier alpha value is -2.14. The van der Waals surface area contributed by atoms with Gasteiger partial charge in [-0.2, -0.15) is 0 Å². The molecule has 0 saturated heterocycles.